The molecule has 0 spiro atoms. The lowest BCUT2D eigenvalue weighted by Gasteiger charge is -2.33. The predicted octanol–water partition coefficient (Wildman–Crippen LogP) is 2.55. The molecular weight excluding hydrogens is 253 g/mol. The Morgan fingerprint density at radius 3 is 2.56 bits per heavy atom. The van der Waals surface area contributed by atoms with Crippen LogP contribution in [0.1, 0.15) is 20.8 Å². The van der Waals surface area contributed by atoms with Crippen LogP contribution in [0.25, 0.3) is 0 Å². The Bertz CT molecular complexity index is 532. The number of carbonyl (C=O) groups is 1. The van der Waals surface area contributed by atoms with Crippen molar-refractivity contribution in [1.29, 1.82) is 0 Å². The van der Waals surface area contributed by atoms with Crippen LogP contribution in [0, 0.1) is 17.1 Å². The van der Waals surface area contributed by atoms with Gasteiger partial charge in [0.2, 0.25) is 0 Å². The molecule has 1 N–H and O–H groups in total. The van der Waals surface area contributed by atoms with E-state index in [0.717, 1.165) is 6.07 Å². The largest absolute Gasteiger partial charge is 0.505 e. The molecule has 1 aromatic carbocycles. The first-order valence-corrected chi connectivity index (χ1v) is 5.70. The fourth-order valence-corrected chi connectivity index (χ4v) is 1.47. The molecule has 0 aliphatic rings. The Labute approximate surface area is 111 Å². The third-order valence-corrected chi connectivity index (χ3v) is 2.87. The minimum Gasteiger partial charge on any atom is -0.505 e. The highest BCUT2D eigenvalue weighted by molar-refractivity contribution is 7.85. The molecule has 0 aliphatic heterocycles. The number of halogens is 1. The molecule has 0 aromatic heterocycles. The molecule has 0 atom stereocenters. The summed E-state index contributed by atoms with van der Waals surface area (Å²) in [4.78, 5) is 13.1. The second-order valence-electron chi connectivity index (χ2n) is 4.31. The number of aromatic hydroxyl groups is 1. The molecule has 0 saturated carbocycles. The van der Waals surface area contributed by atoms with E-state index in [1.807, 2.05) is 0 Å². The number of phenolic OH excluding ortho intramolecular Hbond substituents is 1. The van der Waals surface area contributed by atoms with Crippen LogP contribution in [0.5, 0.6) is 5.75 Å². The van der Waals surface area contributed by atoms with Gasteiger partial charge >= 0.3 is 0 Å². The standard InChI is InChI=1S/C13H14FNO2S/c1-9(16)13(2,3)15(6-7-18)10-4-5-12(17)11(14)8-10/h4-5,8,17-18H,1-3H3. The summed E-state index contributed by atoms with van der Waals surface area (Å²) in [6, 6.07) is 6.47. The summed E-state index contributed by atoms with van der Waals surface area (Å²) < 4.78 is 13.3. The molecule has 0 unspecified atom stereocenters. The van der Waals surface area contributed by atoms with E-state index in [1.54, 1.807) is 13.8 Å². The first-order valence-electron chi connectivity index (χ1n) is 5.25. The summed E-state index contributed by atoms with van der Waals surface area (Å²) in [5, 5.41) is 11.6. The van der Waals surface area contributed by atoms with Crippen molar-refractivity contribution in [3.05, 3.63) is 24.0 Å². The number of phenols is 1. The Hall–Kier alpha value is -1.67. The van der Waals surface area contributed by atoms with Crippen molar-refractivity contribution in [2.24, 2.45) is 0 Å². The van der Waals surface area contributed by atoms with Gasteiger partial charge < -0.3 is 5.11 Å². The molecule has 0 aliphatic carbocycles. The molecular formula is C13H14FNO2S. The fourth-order valence-electron chi connectivity index (χ4n) is 1.37. The Morgan fingerprint density at radius 1 is 1.50 bits per heavy atom. The van der Waals surface area contributed by atoms with E-state index in [2.05, 4.69) is 23.9 Å². The lowest BCUT2D eigenvalue weighted by atomic mass is 9.97. The quantitative estimate of drug-likeness (QED) is 0.502. The molecule has 5 heteroatoms. The Kier molecular flexibility index (Phi) is 4.25. The topological polar surface area (TPSA) is 40.5 Å². The van der Waals surface area contributed by atoms with E-state index in [9.17, 15) is 9.18 Å². The smallest absolute Gasteiger partial charge is 0.166 e. The SMILES string of the molecule is CC(=O)C(C)(C)N(C#CS)c1ccc(O)c(F)c1. The summed E-state index contributed by atoms with van der Waals surface area (Å²) in [6.07, 6.45) is 0. The van der Waals surface area contributed by atoms with Gasteiger partial charge in [0, 0.05) is 12.1 Å². The molecule has 3 nitrogen and oxygen atoms in total. The van der Waals surface area contributed by atoms with Gasteiger partial charge in [-0.3, -0.25) is 9.69 Å². The summed E-state index contributed by atoms with van der Waals surface area (Å²) >= 11 is 3.80. The van der Waals surface area contributed by atoms with Gasteiger partial charge in [0.15, 0.2) is 17.3 Å². The van der Waals surface area contributed by atoms with Crippen LogP contribution in [0.15, 0.2) is 18.2 Å². The number of hydrogen-bond donors (Lipinski definition) is 2. The van der Waals surface area contributed by atoms with Gasteiger partial charge in [-0.15, -0.1) is 0 Å². The van der Waals surface area contributed by atoms with Crippen LogP contribution in [0.2, 0.25) is 0 Å². The zero-order valence-corrected chi connectivity index (χ0v) is 11.3. The number of carbonyl (C=O) groups excluding carboxylic acids is 1. The number of anilines is 1. The molecule has 18 heavy (non-hydrogen) atoms. The van der Waals surface area contributed by atoms with Gasteiger partial charge in [-0.2, -0.15) is 0 Å². The lowest BCUT2D eigenvalue weighted by Crippen LogP contribution is -2.46. The van der Waals surface area contributed by atoms with E-state index in [0.29, 0.717) is 5.69 Å². The van der Waals surface area contributed by atoms with E-state index in [1.165, 1.54) is 24.0 Å². The van der Waals surface area contributed by atoms with Crippen molar-refractivity contribution in [3.63, 3.8) is 0 Å². The molecule has 0 radical (unpaired) electrons. The van der Waals surface area contributed by atoms with Crippen LogP contribution >= 0.6 is 12.6 Å². The number of benzene rings is 1. The second-order valence-corrected chi connectivity index (χ2v) is 4.53. The number of rotatable bonds is 3. The first kappa shape index (κ1) is 14.4. The predicted molar refractivity (Wildman–Crippen MR) is 72.1 cm³/mol. The van der Waals surface area contributed by atoms with Gasteiger partial charge in [0.25, 0.3) is 0 Å². The average Bonchev–Trinajstić information content (AvgIpc) is 2.29. The van der Waals surface area contributed by atoms with Crippen LogP contribution in [0.3, 0.4) is 0 Å². The van der Waals surface area contributed by atoms with Crippen molar-refractivity contribution in [2.45, 2.75) is 26.3 Å². The zero-order valence-electron chi connectivity index (χ0n) is 10.4. The van der Waals surface area contributed by atoms with Crippen LogP contribution in [-0.4, -0.2) is 16.4 Å². The van der Waals surface area contributed by atoms with Gasteiger partial charge in [0.05, 0.1) is 5.69 Å². The third-order valence-electron chi connectivity index (χ3n) is 2.77. The van der Waals surface area contributed by atoms with Crippen molar-refractivity contribution in [1.82, 2.24) is 0 Å². The van der Waals surface area contributed by atoms with Crippen LogP contribution in [-0.2, 0) is 4.79 Å². The minimum absolute atomic E-state index is 0.118. The Balaban J connectivity index is 3.32. The molecule has 96 valence electrons. The fraction of sp³-hybridized carbons (Fsp3) is 0.308. The van der Waals surface area contributed by atoms with Crippen LogP contribution in [0.4, 0.5) is 10.1 Å². The maximum absolute atomic E-state index is 13.3. The molecule has 0 amide bonds. The highest BCUT2D eigenvalue weighted by atomic mass is 32.1. The molecule has 0 heterocycles. The maximum atomic E-state index is 13.3. The second kappa shape index (κ2) is 5.32. The van der Waals surface area contributed by atoms with Crippen molar-refractivity contribution in [2.75, 3.05) is 4.90 Å². The van der Waals surface area contributed by atoms with E-state index < -0.39 is 17.1 Å². The average molecular weight is 267 g/mol. The molecule has 0 saturated heterocycles. The number of hydrogen-bond acceptors (Lipinski definition) is 4. The van der Waals surface area contributed by atoms with Crippen molar-refractivity contribution in [3.8, 4) is 17.0 Å². The number of Topliss-reactive ketones (excluding diaryl/α,β-unsaturated/α-hetero) is 1. The molecule has 1 aromatic rings. The van der Waals surface area contributed by atoms with Gasteiger partial charge in [-0.05, 0) is 38.2 Å². The maximum Gasteiger partial charge on any atom is 0.166 e. The van der Waals surface area contributed by atoms with E-state index >= 15 is 0 Å². The van der Waals surface area contributed by atoms with Gasteiger partial charge in [-0.1, -0.05) is 12.6 Å². The van der Waals surface area contributed by atoms with Crippen LogP contribution < -0.4 is 4.90 Å². The summed E-state index contributed by atoms with van der Waals surface area (Å²) in [7, 11) is 0. The highest BCUT2D eigenvalue weighted by Gasteiger charge is 2.31. The summed E-state index contributed by atoms with van der Waals surface area (Å²) in [6.45, 7) is 4.79. The summed E-state index contributed by atoms with van der Waals surface area (Å²) in [5.74, 6) is -1.33. The van der Waals surface area contributed by atoms with E-state index in [-0.39, 0.29) is 5.78 Å². The molecule has 1 rings (SSSR count). The molecule has 0 bridgehead atoms. The number of ketones is 1. The van der Waals surface area contributed by atoms with Gasteiger partial charge in [-0.25, -0.2) is 4.39 Å². The summed E-state index contributed by atoms with van der Waals surface area (Å²) in [5.41, 5.74) is -0.536. The lowest BCUT2D eigenvalue weighted by molar-refractivity contribution is -0.120. The monoisotopic (exact) mass is 267 g/mol. The zero-order chi connectivity index (χ0) is 13.9. The van der Waals surface area contributed by atoms with E-state index in [4.69, 9.17) is 5.11 Å². The van der Waals surface area contributed by atoms with Gasteiger partial charge in [0.1, 0.15) is 5.54 Å². The van der Waals surface area contributed by atoms with Crippen molar-refractivity contribution >= 4 is 24.1 Å². The Morgan fingerprint density at radius 2 is 2.11 bits per heavy atom. The third kappa shape index (κ3) is 2.77. The molecule has 0 fully saturated rings. The van der Waals surface area contributed by atoms with Crippen molar-refractivity contribution < 1.29 is 14.3 Å². The highest BCUT2D eigenvalue weighted by Crippen LogP contribution is 2.28. The normalized spacial score (nSPS) is 10.5. The minimum atomic E-state index is -0.918. The first-order chi connectivity index (χ1) is 8.30. The number of thiol groups is 1. The number of nitrogens with zero attached hydrogens (tertiary/aromatic N) is 1.